The van der Waals surface area contributed by atoms with Gasteiger partial charge in [-0.25, -0.2) is 0 Å². The highest BCUT2D eigenvalue weighted by Gasteiger charge is 2.40. The monoisotopic (exact) mass is 194 g/mol. The van der Waals surface area contributed by atoms with Gasteiger partial charge in [-0.2, -0.15) is 5.26 Å². The standard InChI is InChI=1S/C11H18N2O/c1-8(4-6-12)13-10-5-7-14-11(10)9-2-3-9/h8-11,13H,2-5,7H2,1H3. The summed E-state index contributed by atoms with van der Waals surface area (Å²) in [6, 6.07) is 2.99. The normalized spacial score (nSPS) is 34.0. The van der Waals surface area contributed by atoms with Gasteiger partial charge in [-0.1, -0.05) is 0 Å². The second-order valence-electron chi connectivity index (χ2n) is 4.50. The molecule has 14 heavy (non-hydrogen) atoms. The van der Waals surface area contributed by atoms with Gasteiger partial charge in [0.1, 0.15) is 0 Å². The Bertz CT molecular complexity index is 232. The van der Waals surface area contributed by atoms with Crippen LogP contribution in [0, 0.1) is 17.2 Å². The van der Waals surface area contributed by atoms with E-state index in [0.29, 0.717) is 24.6 Å². The molecule has 0 bridgehead atoms. The van der Waals surface area contributed by atoms with Crippen molar-refractivity contribution in [1.82, 2.24) is 5.32 Å². The molecule has 3 unspecified atom stereocenters. The molecule has 3 atom stereocenters. The number of hydrogen-bond donors (Lipinski definition) is 1. The third-order valence-corrected chi connectivity index (χ3v) is 3.12. The van der Waals surface area contributed by atoms with Crippen LogP contribution in [0.5, 0.6) is 0 Å². The van der Waals surface area contributed by atoms with E-state index in [1.54, 1.807) is 0 Å². The summed E-state index contributed by atoms with van der Waals surface area (Å²) < 4.78 is 5.72. The average Bonchev–Trinajstić information content (AvgIpc) is 2.89. The highest BCUT2D eigenvalue weighted by molar-refractivity contribution is 4.95. The first-order chi connectivity index (χ1) is 6.81. The number of nitriles is 1. The van der Waals surface area contributed by atoms with Crippen molar-refractivity contribution in [2.75, 3.05) is 6.61 Å². The number of ether oxygens (including phenoxy) is 1. The zero-order chi connectivity index (χ0) is 9.97. The Morgan fingerprint density at radius 2 is 2.29 bits per heavy atom. The van der Waals surface area contributed by atoms with Gasteiger partial charge in [0.05, 0.1) is 18.6 Å². The van der Waals surface area contributed by atoms with Crippen molar-refractivity contribution >= 4 is 0 Å². The van der Waals surface area contributed by atoms with E-state index in [1.165, 1.54) is 12.8 Å². The summed E-state index contributed by atoms with van der Waals surface area (Å²) in [6.45, 7) is 2.96. The molecular weight excluding hydrogens is 176 g/mol. The third-order valence-electron chi connectivity index (χ3n) is 3.12. The van der Waals surface area contributed by atoms with Gasteiger partial charge in [-0.15, -0.1) is 0 Å². The summed E-state index contributed by atoms with van der Waals surface area (Å²) in [5, 5.41) is 12.1. The minimum Gasteiger partial charge on any atom is -0.376 e. The fourth-order valence-corrected chi connectivity index (χ4v) is 2.24. The zero-order valence-electron chi connectivity index (χ0n) is 8.70. The topological polar surface area (TPSA) is 45.0 Å². The van der Waals surface area contributed by atoms with E-state index >= 15 is 0 Å². The maximum absolute atomic E-state index is 8.58. The smallest absolute Gasteiger partial charge is 0.0757 e. The van der Waals surface area contributed by atoms with Gasteiger partial charge in [-0.05, 0) is 32.1 Å². The molecule has 1 heterocycles. The zero-order valence-corrected chi connectivity index (χ0v) is 8.70. The van der Waals surface area contributed by atoms with E-state index in [4.69, 9.17) is 10.00 Å². The molecule has 2 rings (SSSR count). The SMILES string of the molecule is CC(CC#N)NC1CCOC1C1CC1. The summed E-state index contributed by atoms with van der Waals surface area (Å²) in [7, 11) is 0. The van der Waals surface area contributed by atoms with Crippen LogP contribution in [0.1, 0.15) is 32.6 Å². The van der Waals surface area contributed by atoms with Crippen molar-refractivity contribution < 1.29 is 4.74 Å². The van der Waals surface area contributed by atoms with E-state index in [-0.39, 0.29) is 0 Å². The molecular formula is C11H18N2O. The number of hydrogen-bond acceptors (Lipinski definition) is 3. The Morgan fingerprint density at radius 1 is 1.50 bits per heavy atom. The first-order valence-corrected chi connectivity index (χ1v) is 5.56. The Labute approximate surface area is 85.4 Å². The Morgan fingerprint density at radius 3 is 2.93 bits per heavy atom. The van der Waals surface area contributed by atoms with Gasteiger partial charge in [0.25, 0.3) is 0 Å². The maximum atomic E-state index is 8.58. The van der Waals surface area contributed by atoms with Crippen molar-refractivity contribution in [2.24, 2.45) is 5.92 Å². The third kappa shape index (κ3) is 2.26. The molecule has 1 saturated carbocycles. The lowest BCUT2D eigenvalue weighted by Gasteiger charge is -2.22. The van der Waals surface area contributed by atoms with E-state index in [9.17, 15) is 0 Å². The quantitative estimate of drug-likeness (QED) is 0.736. The van der Waals surface area contributed by atoms with Crippen LogP contribution in [-0.2, 0) is 4.74 Å². The average molecular weight is 194 g/mol. The Hall–Kier alpha value is -0.590. The van der Waals surface area contributed by atoms with Crippen molar-refractivity contribution in [3.63, 3.8) is 0 Å². The second kappa shape index (κ2) is 4.29. The van der Waals surface area contributed by atoms with E-state index in [0.717, 1.165) is 18.9 Å². The molecule has 2 fully saturated rings. The fourth-order valence-electron chi connectivity index (χ4n) is 2.24. The number of nitrogens with one attached hydrogen (secondary N) is 1. The van der Waals surface area contributed by atoms with Crippen LogP contribution in [0.3, 0.4) is 0 Å². The van der Waals surface area contributed by atoms with Gasteiger partial charge in [0.2, 0.25) is 0 Å². The fraction of sp³-hybridized carbons (Fsp3) is 0.909. The van der Waals surface area contributed by atoms with E-state index < -0.39 is 0 Å². The summed E-state index contributed by atoms with van der Waals surface area (Å²) >= 11 is 0. The molecule has 1 N–H and O–H groups in total. The summed E-state index contributed by atoms with van der Waals surface area (Å²) in [4.78, 5) is 0. The lowest BCUT2D eigenvalue weighted by molar-refractivity contribution is 0.0794. The van der Waals surface area contributed by atoms with Gasteiger partial charge in [0, 0.05) is 18.7 Å². The molecule has 0 aromatic carbocycles. The Kier molecular flexibility index (Phi) is 3.05. The lowest BCUT2D eigenvalue weighted by atomic mass is 10.0. The lowest BCUT2D eigenvalue weighted by Crippen LogP contribution is -2.42. The van der Waals surface area contributed by atoms with Gasteiger partial charge >= 0.3 is 0 Å². The molecule has 0 spiro atoms. The molecule has 2 aliphatic rings. The molecule has 0 radical (unpaired) electrons. The predicted molar refractivity (Wildman–Crippen MR) is 53.7 cm³/mol. The van der Waals surface area contributed by atoms with E-state index in [2.05, 4.69) is 18.3 Å². The molecule has 3 heteroatoms. The molecule has 1 aliphatic heterocycles. The largest absolute Gasteiger partial charge is 0.376 e. The van der Waals surface area contributed by atoms with Crippen LogP contribution >= 0.6 is 0 Å². The van der Waals surface area contributed by atoms with E-state index in [1.807, 2.05) is 0 Å². The molecule has 0 aromatic heterocycles. The molecule has 0 amide bonds. The van der Waals surface area contributed by atoms with Crippen molar-refractivity contribution in [3.05, 3.63) is 0 Å². The van der Waals surface area contributed by atoms with Gasteiger partial charge in [0.15, 0.2) is 0 Å². The van der Waals surface area contributed by atoms with Gasteiger partial charge < -0.3 is 10.1 Å². The highest BCUT2D eigenvalue weighted by atomic mass is 16.5. The van der Waals surface area contributed by atoms with Gasteiger partial charge in [-0.3, -0.25) is 0 Å². The van der Waals surface area contributed by atoms with Crippen LogP contribution in [0.25, 0.3) is 0 Å². The van der Waals surface area contributed by atoms with Crippen LogP contribution in [-0.4, -0.2) is 24.8 Å². The second-order valence-corrected chi connectivity index (χ2v) is 4.50. The van der Waals surface area contributed by atoms with Crippen LogP contribution in [0.4, 0.5) is 0 Å². The van der Waals surface area contributed by atoms with Crippen molar-refractivity contribution in [2.45, 2.75) is 50.8 Å². The minimum atomic E-state index is 0.299. The summed E-state index contributed by atoms with van der Waals surface area (Å²) in [5.74, 6) is 0.796. The Balaban J connectivity index is 1.81. The molecule has 3 nitrogen and oxygen atoms in total. The van der Waals surface area contributed by atoms with Crippen LogP contribution < -0.4 is 5.32 Å². The van der Waals surface area contributed by atoms with Crippen LogP contribution in [0.15, 0.2) is 0 Å². The summed E-state index contributed by atoms with van der Waals surface area (Å²) in [6.07, 6.45) is 4.78. The van der Waals surface area contributed by atoms with Crippen molar-refractivity contribution in [1.29, 1.82) is 5.26 Å². The molecule has 0 aromatic rings. The molecule has 1 aliphatic carbocycles. The number of nitrogens with zero attached hydrogens (tertiary/aromatic N) is 1. The first-order valence-electron chi connectivity index (χ1n) is 5.56. The number of rotatable bonds is 4. The predicted octanol–water partition coefficient (Wildman–Crippen LogP) is 1.45. The molecule has 78 valence electrons. The minimum absolute atomic E-state index is 0.299. The highest BCUT2D eigenvalue weighted by Crippen LogP contribution is 2.38. The first kappa shape index (κ1) is 9.95. The van der Waals surface area contributed by atoms with Crippen LogP contribution in [0.2, 0.25) is 0 Å². The van der Waals surface area contributed by atoms with Crippen molar-refractivity contribution in [3.8, 4) is 6.07 Å². The molecule has 1 saturated heterocycles. The summed E-state index contributed by atoms with van der Waals surface area (Å²) in [5.41, 5.74) is 0. The maximum Gasteiger partial charge on any atom is 0.0757 e.